The Morgan fingerprint density at radius 3 is 2.47 bits per heavy atom. The van der Waals surface area contributed by atoms with Crippen molar-refractivity contribution in [3.05, 3.63) is 93.0 Å². The van der Waals surface area contributed by atoms with Crippen LogP contribution in [-0.4, -0.2) is 18.4 Å². The highest BCUT2D eigenvalue weighted by Gasteiger charge is 2.43. The molecular formula is C24H22BrNO4. The summed E-state index contributed by atoms with van der Waals surface area (Å²) in [6, 6.07) is 17.4. The highest BCUT2D eigenvalue weighted by molar-refractivity contribution is 9.10. The average molecular weight is 468 g/mol. The fourth-order valence-electron chi connectivity index (χ4n) is 4.16. The van der Waals surface area contributed by atoms with E-state index in [-0.39, 0.29) is 29.8 Å². The lowest BCUT2D eigenvalue weighted by atomic mass is 9.73. The molecule has 0 saturated carbocycles. The Balaban J connectivity index is 1.80. The zero-order valence-electron chi connectivity index (χ0n) is 16.6. The van der Waals surface area contributed by atoms with E-state index in [4.69, 9.17) is 15.2 Å². The van der Waals surface area contributed by atoms with E-state index in [0.29, 0.717) is 24.2 Å². The van der Waals surface area contributed by atoms with Crippen LogP contribution < -0.4 is 5.73 Å². The summed E-state index contributed by atoms with van der Waals surface area (Å²) in [5.41, 5.74) is 8.77. The van der Waals surface area contributed by atoms with Gasteiger partial charge in [0.1, 0.15) is 11.3 Å². The molecule has 4 rings (SSSR count). The van der Waals surface area contributed by atoms with Crippen molar-refractivity contribution in [1.82, 2.24) is 0 Å². The number of benzene rings is 2. The minimum Gasteiger partial charge on any atom is -0.462 e. The molecule has 5 nitrogen and oxygen atoms in total. The van der Waals surface area contributed by atoms with Gasteiger partial charge in [-0.15, -0.1) is 0 Å². The van der Waals surface area contributed by atoms with Crippen molar-refractivity contribution < 1.29 is 19.1 Å². The summed E-state index contributed by atoms with van der Waals surface area (Å²) in [4.78, 5) is 26.1. The highest BCUT2D eigenvalue weighted by Crippen LogP contribution is 2.47. The SMILES string of the molecule is CCOC(=O)C1=C(N)OC2=C(C(=O)C[C@@H](c3ccccc3)C2)[C@H]1c1ccc(Br)cc1. The second-order valence-corrected chi connectivity index (χ2v) is 8.28. The zero-order chi connectivity index (χ0) is 21.3. The lowest BCUT2D eigenvalue weighted by Crippen LogP contribution is -2.33. The van der Waals surface area contributed by atoms with E-state index >= 15 is 0 Å². The number of carbonyl (C=O) groups excluding carboxylic acids is 2. The van der Waals surface area contributed by atoms with Crippen LogP contribution >= 0.6 is 15.9 Å². The van der Waals surface area contributed by atoms with Crippen LogP contribution in [0.25, 0.3) is 0 Å². The Kier molecular flexibility index (Phi) is 5.77. The molecule has 1 heterocycles. The van der Waals surface area contributed by atoms with Gasteiger partial charge in [-0.2, -0.15) is 0 Å². The van der Waals surface area contributed by atoms with E-state index in [1.165, 1.54) is 0 Å². The number of ether oxygens (including phenoxy) is 2. The first-order valence-electron chi connectivity index (χ1n) is 9.90. The highest BCUT2D eigenvalue weighted by atomic mass is 79.9. The predicted molar refractivity (Wildman–Crippen MR) is 116 cm³/mol. The summed E-state index contributed by atoms with van der Waals surface area (Å²) in [6.07, 6.45) is 0.907. The molecule has 2 aromatic carbocycles. The molecule has 0 unspecified atom stereocenters. The standard InChI is InChI=1S/C24H22BrNO4/c1-2-29-24(28)22-20(15-8-10-17(25)11-9-15)21-18(27)12-16(13-19(21)30-23(22)26)14-6-4-3-5-7-14/h3-11,16,20H,2,12-13,26H2,1H3/t16-,20-/m1/s1. The summed E-state index contributed by atoms with van der Waals surface area (Å²) in [6.45, 7) is 1.94. The molecule has 0 bridgehead atoms. The van der Waals surface area contributed by atoms with Crippen LogP contribution in [0.1, 0.15) is 42.7 Å². The van der Waals surface area contributed by atoms with E-state index in [9.17, 15) is 9.59 Å². The smallest absolute Gasteiger partial charge is 0.340 e. The summed E-state index contributed by atoms with van der Waals surface area (Å²) in [5.74, 6) is -0.648. The first-order valence-corrected chi connectivity index (χ1v) is 10.7. The molecule has 6 heteroatoms. The van der Waals surface area contributed by atoms with Crippen LogP contribution in [0.2, 0.25) is 0 Å². The number of Topliss-reactive ketones (excluding diaryl/α,β-unsaturated/α-hetero) is 1. The maximum Gasteiger partial charge on any atom is 0.340 e. The number of hydrogen-bond acceptors (Lipinski definition) is 5. The zero-order valence-corrected chi connectivity index (χ0v) is 18.1. The quantitative estimate of drug-likeness (QED) is 0.659. The number of nitrogens with two attached hydrogens (primary N) is 1. The molecule has 0 radical (unpaired) electrons. The van der Waals surface area contributed by atoms with Crippen molar-refractivity contribution in [2.24, 2.45) is 5.73 Å². The minimum absolute atomic E-state index is 0.00151. The van der Waals surface area contributed by atoms with Crippen molar-refractivity contribution in [3.8, 4) is 0 Å². The number of allylic oxidation sites excluding steroid dienone is 2. The Morgan fingerprint density at radius 1 is 1.10 bits per heavy atom. The third-order valence-electron chi connectivity index (χ3n) is 5.51. The fraction of sp³-hybridized carbons (Fsp3) is 0.250. The molecule has 1 aliphatic heterocycles. The van der Waals surface area contributed by atoms with Crippen molar-refractivity contribution in [2.45, 2.75) is 31.6 Å². The van der Waals surface area contributed by atoms with Gasteiger partial charge in [0.05, 0.1) is 12.5 Å². The number of esters is 1. The molecule has 0 fully saturated rings. The molecular weight excluding hydrogens is 446 g/mol. The molecule has 30 heavy (non-hydrogen) atoms. The van der Waals surface area contributed by atoms with Crippen LogP contribution in [0.15, 0.2) is 81.9 Å². The maximum atomic E-state index is 13.3. The largest absolute Gasteiger partial charge is 0.462 e. The number of rotatable bonds is 4. The van der Waals surface area contributed by atoms with Gasteiger partial charge in [0.15, 0.2) is 5.78 Å². The van der Waals surface area contributed by atoms with E-state index in [1.54, 1.807) is 6.92 Å². The Bertz CT molecular complexity index is 1040. The van der Waals surface area contributed by atoms with Gasteiger partial charge in [-0.3, -0.25) is 4.79 Å². The molecule has 2 atom stereocenters. The third kappa shape index (κ3) is 3.79. The topological polar surface area (TPSA) is 78.6 Å². The second-order valence-electron chi connectivity index (χ2n) is 7.36. The van der Waals surface area contributed by atoms with Crippen molar-refractivity contribution in [3.63, 3.8) is 0 Å². The fourth-order valence-corrected chi connectivity index (χ4v) is 4.43. The molecule has 154 valence electrons. The Labute approximate surface area is 183 Å². The van der Waals surface area contributed by atoms with Gasteiger partial charge in [-0.05, 0) is 36.1 Å². The molecule has 2 aliphatic rings. The number of ketones is 1. The average Bonchev–Trinajstić information content (AvgIpc) is 2.74. The van der Waals surface area contributed by atoms with Crippen LogP contribution in [0.5, 0.6) is 0 Å². The molecule has 0 spiro atoms. The Morgan fingerprint density at radius 2 is 1.80 bits per heavy atom. The van der Waals surface area contributed by atoms with Crippen molar-refractivity contribution >= 4 is 27.7 Å². The first-order chi connectivity index (χ1) is 14.5. The van der Waals surface area contributed by atoms with Gasteiger partial charge in [0.25, 0.3) is 0 Å². The van der Waals surface area contributed by atoms with Gasteiger partial charge in [0, 0.05) is 22.9 Å². The normalized spacial score (nSPS) is 21.2. The van der Waals surface area contributed by atoms with E-state index in [2.05, 4.69) is 15.9 Å². The van der Waals surface area contributed by atoms with Crippen molar-refractivity contribution in [1.29, 1.82) is 0 Å². The molecule has 2 N–H and O–H groups in total. The van der Waals surface area contributed by atoms with Gasteiger partial charge < -0.3 is 15.2 Å². The van der Waals surface area contributed by atoms with E-state index < -0.39 is 11.9 Å². The summed E-state index contributed by atoms with van der Waals surface area (Å²) >= 11 is 3.43. The van der Waals surface area contributed by atoms with E-state index in [0.717, 1.165) is 15.6 Å². The monoisotopic (exact) mass is 467 g/mol. The lowest BCUT2D eigenvalue weighted by Gasteiger charge is -2.35. The molecule has 1 aliphatic carbocycles. The van der Waals surface area contributed by atoms with Gasteiger partial charge in [-0.25, -0.2) is 4.79 Å². The summed E-state index contributed by atoms with van der Waals surface area (Å²) < 4.78 is 12.0. The van der Waals surface area contributed by atoms with Crippen LogP contribution in [0, 0.1) is 0 Å². The van der Waals surface area contributed by atoms with E-state index in [1.807, 2.05) is 54.6 Å². The summed E-state index contributed by atoms with van der Waals surface area (Å²) in [7, 11) is 0. The molecule has 0 amide bonds. The van der Waals surface area contributed by atoms with Crippen LogP contribution in [0.3, 0.4) is 0 Å². The molecule has 2 aromatic rings. The second kappa shape index (κ2) is 8.48. The first kappa shape index (κ1) is 20.4. The van der Waals surface area contributed by atoms with Crippen LogP contribution in [-0.2, 0) is 19.1 Å². The van der Waals surface area contributed by atoms with Crippen LogP contribution in [0.4, 0.5) is 0 Å². The van der Waals surface area contributed by atoms with Crippen molar-refractivity contribution in [2.75, 3.05) is 6.61 Å². The number of carbonyl (C=O) groups is 2. The maximum absolute atomic E-state index is 13.3. The lowest BCUT2D eigenvalue weighted by molar-refractivity contribution is -0.139. The minimum atomic E-state index is -0.606. The number of halogens is 1. The number of hydrogen-bond donors (Lipinski definition) is 1. The van der Waals surface area contributed by atoms with Gasteiger partial charge in [-0.1, -0.05) is 58.4 Å². The van der Waals surface area contributed by atoms with Gasteiger partial charge >= 0.3 is 5.97 Å². The third-order valence-corrected chi connectivity index (χ3v) is 6.04. The summed E-state index contributed by atoms with van der Waals surface area (Å²) in [5, 5.41) is 0. The Hall–Kier alpha value is -2.86. The predicted octanol–water partition coefficient (Wildman–Crippen LogP) is 4.70. The van der Waals surface area contributed by atoms with Gasteiger partial charge in [0.2, 0.25) is 5.88 Å². The molecule has 0 aromatic heterocycles. The molecule has 0 saturated heterocycles.